The zero-order valence-electron chi connectivity index (χ0n) is 18.9. The Bertz CT molecular complexity index is 1360. The van der Waals surface area contributed by atoms with Crippen LogP contribution >= 0.6 is 0 Å². The Morgan fingerprint density at radius 3 is 2.97 bits per heavy atom. The standard InChI is InChI=1S/C26H26N6O2/c1-16-10-18(26(33)29-16)11-19-14-28-32-24(30-20-7-8-20)13-23(31-25(19)32)17-4-2-6-22(12-17)34-15-21-5-3-9-27-21/h2,4,6,11-14,20,30H,1,3,5,7-10,15H2,(H,29,33)/b18-11+. The zero-order chi connectivity index (χ0) is 23.1. The summed E-state index contributed by atoms with van der Waals surface area (Å²) in [6.45, 7) is 5.29. The summed E-state index contributed by atoms with van der Waals surface area (Å²) in [5.41, 5.74) is 5.76. The number of amides is 1. The number of benzene rings is 1. The van der Waals surface area contributed by atoms with E-state index < -0.39 is 0 Å². The van der Waals surface area contributed by atoms with Crippen LogP contribution in [0.2, 0.25) is 0 Å². The van der Waals surface area contributed by atoms with Gasteiger partial charge in [-0.05, 0) is 43.9 Å². The summed E-state index contributed by atoms with van der Waals surface area (Å²) in [5.74, 6) is 1.56. The predicted octanol–water partition coefficient (Wildman–Crippen LogP) is 4.00. The lowest BCUT2D eigenvalue weighted by atomic mass is 10.1. The number of fused-ring (bicyclic) bond motifs is 1. The Hall–Kier alpha value is -3.94. The van der Waals surface area contributed by atoms with Gasteiger partial charge < -0.3 is 15.4 Å². The minimum Gasteiger partial charge on any atom is -0.488 e. The van der Waals surface area contributed by atoms with Gasteiger partial charge in [0.1, 0.15) is 18.2 Å². The van der Waals surface area contributed by atoms with Crippen LogP contribution in [0.4, 0.5) is 5.82 Å². The highest BCUT2D eigenvalue weighted by Gasteiger charge is 2.24. The third-order valence-corrected chi connectivity index (χ3v) is 6.24. The molecule has 3 aromatic rings. The van der Waals surface area contributed by atoms with Crippen molar-refractivity contribution in [1.29, 1.82) is 0 Å². The van der Waals surface area contributed by atoms with Crippen LogP contribution < -0.4 is 15.4 Å². The number of aliphatic imine (C=N–C) groups is 1. The van der Waals surface area contributed by atoms with E-state index in [0.717, 1.165) is 66.3 Å². The molecular formula is C26H26N6O2. The highest BCUT2D eigenvalue weighted by Crippen LogP contribution is 2.31. The highest BCUT2D eigenvalue weighted by molar-refractivity contribution is 6.02. The first-order valence-electron chi connectivity index (χ1n) is 11.7. The predicted molar refractivity (Wildman–Crippen MR) is 132 cm³/mol. The second-order valence-corrected chi connectivity index (χ2v) is 9.05. The van der Waals surface area contributed by atoms with Gasteiger partial charge in [0.25, 0.3) is 5.91 Å². The van der Waals surface area contributed by atoms with Crippen molar-refractivity contribution in [3.63, 3.8) is 0 Å². The van der Waals surface area contributed by atoms with Gasteiger partial charge in [-0.25, -0.2) is 4.98 Å². The number of carbonyl (C=O) groups is 1. The lowest BCUT2D eigenvalue weighted by Gasteiger charge is -2.12. The van der Waals surface area contributed by atoms with Crippen molar-refractivity contribution in [3.8, 4) is 17.0 Å². The van der Waals surface area contributed by atoms with Crippen LogP contribution in [-0.4, -0.2) is 45.4 Å². The fourth-order valence-corrected chi connectivity index (χ4v) is 4.30. The number of aromatic nitrogens is 3. The molecule has 34 heavy (non-hydrogen) atoms. The van der Waals surface area contributed by atoms with E-state index in [2.05, 4.69) is 27.3 Å². The number of anilines is 1. The zero-order valence-corrected chi connectivity index (χ0v) is 18.9. The molecule has 0 spiro atoms. The van der Waals surface area contributed by atoms with Crippen molar-refractivity contribution in [2.45, 2.75) is 38.1 Å². The molecular weight excluding hydrogens is 428 g/mol. The van der Waals surface area contributed by atoms with Gasteiger partial charge in [-0.1, -0.05) is 18.7 Å². The molecule has 0 bridgehead atoms. The van der Waals surface area contributed by atoms with E-state index in [4.69, 9.17) is 9.72 Å². The SMILES string of the molecule is C=C1C/C(=C\c2cnn3c(NC4CC4)cc(-c4cccc(OCC5=NCCC5)c4)nc23)C(=O)N1. The van der Waals surface area contributed by atoms with Crippen molar-refractivity contribution >= 4 is 29.2 Å². The van der Waals surface area contributed by atoms with Crippen LogP contribution in [0.5, 0.6) is 5.75 Å². The largest absolute Gasteiger partial charge is 0.488 e. The molecule has 2 fully saturated rings. The fraction of sp³-hybridized carbons (Fsp3) is 0.308. The van der Waals surface area contributed by atoms with Gasteiger partial charge in [0.05, 0.1) is 11.9 Å². The van der Waals surface area contributed by atoms with Crippen LogP contribution in [0.15, 0.2) is 59.4 Å². The number of carbonyl (C=O) groups excluding carboxylic acids is 1. The Morgan fingerprint density at radius 1 is 1.29 bits per heavy atom. The monoisotopic (exact) mass is 454 g/mol. The average molecular weight is 455 g/mol. The maximum atomic E-state index is 12.2. The van der Waals surface area contributed by atoms with Crippen LogP contribution in [0, 0.1) is 0 Å². The first-order valence-corrected chi connectivity index (χ1v) is 11.7. The smallest absolute Gasteiger partial charge is 0.251 e. The first kappa shape index (κ1) is 20.7. The molecule has 4 heterocycles. The summed E-state index contributed by atoms with van der Waals surface area (Å²) < 4.78 is 7.82. The fourth-order valence-electron chi connectivity index (χ4n) is 4.30. The first-order chi connectivity index (χ1) is 16.6. The topological polar surface area (TPSA) is 92.9 Å². The van der Waals surface area contributed by atoms with Gasteiger partial charge in [-0.3, -0.25) is 9.79 Å². The average Bonchev–Trinajstić information content (AvgIpc) is 3.19. The van der Waals surface area contributed by atoms with Crippen LogP contribution in [-0.2, 0) is 4.79 Å². The molecule has 6 rings (SSSR count). The van der Waals surface area contributed by atoms with E-state index in [1.807, 2.05) is 40.9 Å². The molecule has 172 valence electrons. The van der Waals surface area contributed by atoms with Gasteiger partial charge in [0.15, 0.2) is 5.65 Å². The molecule has 1 saturated heterocycles. The Kier molecular flexibility index (Phi) is 5.13. The minimum absolute atomic E-state index is 0.117. The summed E-state index contributed by atoms with van der Waals surface area (Å²) in [6.07, 6.45) is 8.54. The lowest BCUT2D eigenvalue weighted by molar-refractivity contribution is -0.115. The molecule has 1 aliphatic carbocycles. The molecule has 0 atom stereocenters. The van der Waals surface area contributed by atoms with E-state index in [0.29, 0.717) is 36.0 Å². The summed E-state index contributed by atoms with van der Waals surface area (Å²) >= 11 is 0. The quantitative estimate of drug-likeness (QED) is 0.527. The molecule has 1 amide bonds. The van der Waals surface area contributed by atoms with E-state index in [-0.39, 0.29) is 5.91 Å². The van der Waals surface area contributed by atoms with Gasteiger partial charge >= 0.3 is 0 Å². The Balaban J connectivity index is 1.37. The second-order valence-electron chi connectivity index (χ2n) is 9.05. The molecule has 3 aliphatic rings. The lowest BCUT2D eigenvalue weighted by Crippen LogP contribution is -2.12. The summed E-state index contributed by atoms with van der Waals surface area (Å²) in [6, 6.07) is 10.5. The van der Waals surface area contributed by atoms with Crippen LogP contribution in [0.25, 0.3) is 23.0 Å². The maximum absolute atomic E-state index is 12.2. The van der Waals surface area contributed by atoms with E-state index in [9.17, 15) is 4.79 Å². The third-order valence-electron chi connectivity index (χ3n) is 6.24. The van der Waals surface area contributed by atoms with Gasteiger partial charge in [-0.2, -0.15) is 9.61 Å². The number of hydrogen-bond acceptors (Lipinski definition) is 6. The second kappa shape index (κ2) is 8.44. The Morgan fingerprint density at radius 2 is 2.21 bits per heavy atom. The number of hydrogen-bond donors (Lipinski definition) is 2. The van der Waals surface area contributed by atoms with Gasteiger partial charge in [-0.15, -0.1) is 0 Å². The molecule has 8 nitrogen and oxygen atoms in total. The number of nitrogens with one attached hydrogen (secondary N) is 2. The summed E-state index contributed by atoms with van der Waals surface area (Å²) in [7, 11) is 0. The van der Waals surface area contributed by atoms with Crippen molar-refractivity contribution in [1.82, 2.24) is 19.9 Å². The number of rotatable bonds is 7. The molecule has 1 saturated carbocycles. The number of ether oxygens (including phenoxy) is 1. The van der Waals surface area contributed by atoms with Crippen molar-refractivity contribution in [2.24, 2.45) is 4.99 Å². The summed E-state index contributed by atoms with van der Waals surface area (Å²) in [5, 5.41) is 10.9. The van der Waals surface area contributed by atoms with Gasteiger partial charge in [0.2, 0.25) is 0 Å². The molecule has 2 aliphatic heterocycles. The minimum atomic E-state index is -0.117. The molecule has 0 unspecified atom stereocenters. The van der Waals surface area contributed by atoms with Crippen molar-refractivity contribution in [2.75, 3.05) is 18.5 Å². The third kappa shape index (κ3) is 4.19. The summed E-state index contributed by atoms with van der Waals surface area (Å²) in [4.78, 5) is 21.7. The van der Waals surface area contributed by atoms with E-state index in [1.54, 1.807) is 6.20 Å². The van der Waals surface area contributed by atoms with Crippen LogP contribution in [0.1, 0.15) is 37.7 Å². The Labute approximate surface area is 197 Å². The van der Waals surface area contributed by atoms with E-state index >= 15 is 0 Å². The van der Waals surface area contributed by atoms with Crippen molar-refractivity contribution in [3.05, 3.63) is 59.9 Å². The molecule has 8 heteroatoms. The number of nitrogens with zero attached hydrogens (tertiary/aromatic N) is 4. The number of allylic oxidation sites excluding steroid dienone is 1. The molecule has 0 radical (unpaired) electrons. The molecule has 2 N–H and O–H groups in total. The van der Waals surface area contributed by atoms with E-state index in [1.165, 1.54) is 0 Å². The molecule has 2 aromatic heterocycles. The van der Waals surface area contributed by atoms with Gasteiger partial charge in [0, 0.05) is 53.2 Å². The van der Waals surface area contributed by atoms with Crippen LogP contribution in [0.3, 0.4) is 0 Å². The normalized spacial score (nSPS) is 19.1. The highest BCUT2D eigenvalue weighted by atomic mass is 16.5. The molecule has 1 aromatic carbocycles. The maximum Gasteiger partial charge on any atom is 0.251 e. The van der Waals surface area contributed by atoms with Crippen molar-refractivity contribution < 1.29 is 9.53 Å².